The smallest absolute Gasteiger partial charge is 0.120 e. The van der Waals surface area contributed by atoms with Gasteiger partial charge in [0.05, 0.1) is 0 Å². The number of nitrogens with one attached hydrogen (secondary N) is 1. The van der Waals surface area contributed by atoms with E-state index in [2.05, 4.69) is 18.3 Å². The number of phenolic OH excluding ortho intramolecular Hbond substituents is 1. The maximum absolute atomic E-state index is 9.68. The Bertz CT molecular complexity index is 335. The summed E-state index contributed by atoms with van der Waals surface area (Å²) in [6, 6.07) is 6.34. The number of unbranched alkanes of at least 4 members (excludes halogenated alkanes) is 1. The zero-order chi connectivity index (χ0) is 10.7. The summed E-state index contributed by atoms with van der Waals surface area (Å²) < 4.78 is 0. The summed E-state index contributed by atoms with van der Waals surface area (Å²) >= 11 is 0. The van der Waals surface area contributed by atoms with E-state index in [4.69, 9.17) is 0 Å². The molecular formula is C13H19NO. The van der Waals surface area contributed by atoms with Crippen LogP contribution in [-0.4, -0.2) is 11.1 Å². The molecule has 1 heterocycles. The molecule has 1 aliphatic rings. The van der Waals surface area contributed by atoms with Crippen LogP contribution in [0.4, 0.5) is 5.69 Å². The highest BCUT2D eigenvalue weighted by Gasteiger charge is 2.18. The Balaban J connectivity index is 2.07. The average Bonchev–Trinajstić information content (AvgIpc) is 2.26. The normalized spacial score (nSPS) is 19.4. The standard InChI is InChI=1S/C13H19NO/c1-2-3-5-10-8-9-11-12(14-10)6-4-7-13(11)15/h4,6-7,10,14-15H,2-3,5,8-9H2,1H3. The van der Waals surface area contributed by atoms with Gasteiger partial charge in [-0.1, -0.05) is 25.8 Å². The Morgan fingerprint density at radius 1 is 1.47 bits per heavy atom. The molecule has 0 amide bonds. The second-order valence-corrected chi connectivity index (χ2v) is 4.33. The molecule has 82 valence electrons. The third-order valence-electron chi connectivity index (χ3n) is 3.16. The van der Waals surface area contributed by atoms with Crippen molar-refractivity contribution < 1.29 is 5.11 Å². The summed E-state index contributed by atoms with van der Waals surface area (Å²) in [5.74, 6) is 0.439. The molecule has 0 fully saturated rings. The Morgan fingerprint density at radius 3 is 3.13 bits per heavy atom. The van der Waals surface area contributed by atoms with Crippen molar-refractivity contribution in [2.45, 2.75) is 45.1 Å². The lowest BCUT2D eigenvalue weighted by atomic mass is 9.94. The van der Waals surface area contributed by atoms with Crippen molar-refractivity contribution in [2.75, 3.05) is 5.32 Å². The molecule has 1 aromatic rings. The van der Waals surface area contributed by atoms with Crippen LogP contribution in [0, 0.1) is 0 Å². The predicted molar refractivity (Wildman–Crippen MR) is 63.4 cm³/mol. The van der Waals surface area contributed by atoms with E-state index in [1.54, 1.807) is 6.07 Å². The Labute approximate surface area is 91.3 Å². The number of benzene rings is 1. The van der Waals surface area contributed by atoms with Gasteiger partial charge in [-0.3, -0.25) is 0 Å². The van der Waals surface area contributed by atoms with E-state index >= 15 is 0 Å². The Kier molecular flexibility index (Phi) is 3.14. The molecule has 2 rings (SSSR count). The Hall–Kier alpha value is -1.18. The van der Waals surface area contributed by atoms with E-state index in [9.17, 15) is 5.11 Å². The molecule has 0 radical (unpaired) electrons. The number of fused-ring (bicyclic) bond motifs is 1. The molecule has 0 saturated heterocycles. The van der Waals surface area contributed by atoms with Crippen LogP contribution in [0.5, 0.6) is 5.75 Å². The van der Waals surface area contributed by atoms with Gasteiger partial charge < -0.3 is 10.4 Å². The van der Waals surface area contributed by atoms with Crippen LogP contribution in [0.25, 0.3) is 0 Å². The van der Waals surface area contributed by atoms with E-state index in [0.717, 1.165) is 24.1 Å². The number of rotatable bonds is 3. The fourth-order valence-electron chi connectivity index (χ4n) is 2.25. The van der Waals surface area contributed by atoms with Crippen molar-refractivity contribution in [3.05, 3.63) is 23.8 Å². The number of aromatic hydroxyl groups is 1. The molecule has 1 atom stereocenters. The first kappa shape index (κ1) is 10.3. The van der Waals surface area contributed by atoms with Gasteiger partial charge in [-0.05, 0) is 31.4 Å². The van der Waals surface area contributed by atoms with Crippen LogP contribution in [0.2, 0.25) is 0 Å². The third-order valence-corrected chi connectivity index (χ3v) is 3.16. The highest BCUT2D eigenvalue weighted by Crippen LogP contribution is 2.32. The molecular weight excluding hydrogens is 186 g/mol. The first-order valence-corrected chi connectivity index (χ1v) is 5.88. The van der Waals surface area contributed by atoms with Gasteiger partial charge >= 0.3 is 0 Å². The molecule has 0 saturated carbocycles. The largest absolute Gasteiger partial charge is 0.508 e. The van der Waals surface area contributed by atoms with E-state index in [0.29, 0.717) is 11.8 Å². The monoisotopic (exact) mass is 205 g/mol. The molecule has 2 heteroatoms. The maximum Gasteiger partial charge on any atom is 0.120 e. The summed E-state index contributed by atoms with van der Waals surface area (Å²) in [7, 11) is 0. The SMILES string of the molecule is CCCCC1CCc2c(O)cccc2N1. The lowest BCUT2D eigenvalue weighted by Crippen LogP contribution is -2.25. The highest BCUT2D eigenvalue weighted by molar-refractivity contribution is 5.59. The topological polar surface area (TPSA) is 32.3 Å². The quantitative estimate of drug-likeness (QED) is 0.793. The summed E-state index contributed by atoms with van der Waals surface area (Å²) in [6.07, 6.45) is 5.93. The number of hydrogen-bond acceptors (Lipinski definition) is 2. The first-order chi connectivity index (χ1) is 7.31. The van der Waals surface area contributed by atoms with E-state index in [1.165, 1.54) is 19.3 Å². The van der Waals surface area contributed by atoms with Crippen LogP contribution in [0.15, 0.2) is 18.2 Å². The molecule has 2 nitrogen and oxygen atoms in total. The van der Waals surface area contributed by atoms with Crippen molar-refractivity contribution in [2.24, 2.45) is 0 Å². The molecule has 0 aliphatic carbocycles. The summed E-state index contributed by atoms with van der Waals surface area (Å²) in [5.41, 5.74) is 2.22. The minimum absolute atomic E-state index is 0.439. The summed E-state index contributed by atoms with van der Waals surface area (Å²) in [6.45, 7) is 2.22. The van der Waals surface area contributed by atoms with Crippen LogP contribution < -0.4 is 5.32 Å². The second-order valence-electron chi connectivity index (χ2n) is 4.33. The Morgan fingerprint density at radius 2 is 2.33 bits per heavy atom. The number of phenols is 1. The lowest BCUT2D eigenvalue weighted by molar-refractivity contribution is 0.461. The van der Waals surface area contributed by atoms with Crippen molar-refractivity contribution >= 4 is 5.69 Å². The molecule has 1 aromatic carbocycles. The van der Waals surface area contributed by atoms with Crippen molar-refractivity contribution in [3.8, 4) is 5.75 Å². The third kappa shape index (κ3) is 2.25. The van der Waals surface area contributed by atoms with Crippen molar-refractivity contribution in [1.82, 2.24) is 0 Å². The zero-order valence-electron chi connectivity index (χ0n) is 9.29. The predicted octanol–water partition coefficient (Wildman–Crippen LogP) is 3.31. The molecule has 15 heavy (non-hydrogen) atoms. The first-order valence-electron chi connectivity index (χ1n) is 5.88. The number of anilines is 1. The average molecular weight is 205 g/mol. The van der Waals surface area contributed by atoms with Gasteiger partial charge in [-0.25, -0.2) is 0 Å². The van der Waals surface area contributed by atoms with Gasteiger partial charge in [-0.2, -0.15) is 0 Å². The fraction of sp³-hybridized carbons (Fsp3) is 0.538. The highest BCUT2D eigenvalue weighted by atomic mass is 16.3. The molecule has 0 spiro atoms. The van der Waals surface area contributed by atoms with Gasteiger partial charge in [0, 0.05) is 17.3 Å². The van der Waals surface area contributed by atoms with Crippen molar-refractivity contribution in [3.63, 3.8) is 0 Å². The van der Waals surface area contributed by atoms with Crippen LogP contribution in [0.3, 0.4) is 0 Å². The fourth-order valence-corrected chi connectivity index (χ4v) is 2.25. The van der Waals surface area contributed by atoms with Crippen LogP contribution in [0.1, 0.15) is 38.2 Å². The number of hydrogen-bond donors (Lipinski definition) is 2. The van der Waals surface area contributed by atoms with Gasteiger partial charge in [-0.15, -0.1) is 0 Å². The lowest BCUT2D eigenvalue weighted by Gasteiger charge is -2.27. The van der Waals surface area contributed by atoms with Gasteiger partial charge in [0.1, 0.15) is 5.75 Å². The zero-order valence-corrected chi connectivity index (χ0v) is 9.29. The summed E-state index contributed by atoms with van der Waals surface area (Å²) in [5, 5.41) is 13.2. The van der Waals surface area contributed by atoms with Crippen LogP contribution in [-0.2, 0) is 6.42 Å². The molecule has 1 unspecified atom stereocenters. The van der Waals surface area contributed by atoms with E-state index in [1.807, 2.05) is 6.07 Å². The van der Waals surface area contributed by atoms with Crippen LogP contribution >= 0.6 is 0 Å². The van der Waals surface area contributed by atoms with Gasteiger partial charge in [0.25, 0.3) is 0 Å². The minimum atomic E-state index is 0.439. The second kappa shape index (κ2) is 4.56. The minimum Gasteiger partial charge on any atom is -0.508 e. The molecule has 0 aromatic heterocycles. The van der Waals surface area contributed by atoms with Crippen molar-refractivity contribution in [1.29, 1.82) is 0 Å². The summed E-state index contributed by atoms with van der Waals surface area (Å²) in [4.78, 5) is 0. The van der Waals surface area contributed by atoms with E-state index < -0.39 is 0 Å². The maximum atomic E-state index is 9.68. The molecule has 2 N–H and O–H groups in total. The van der Waals surface area contributed by atoms with Gasteiger partial charge in [0.2, 0.25) is 0 Å². The molecule has 1 aliphatic heterocycles. The molecule has 0 bridgehead atoms. The van der Waals surface area contributed by atoms with Gasteiger partial charge in [0.15, 0.2) is 0 Å². The van der Waals surface area contributed by atoms with E-state index in [-0.39, 0.29) is 0 Å².